The van der Waals surface area contributed by atoms with Gasteiger partial charge < -0.3 is 10.1 Å². The summed E-state index contributed by atoms with van der Waals surface area (Å²) in [6.45, 7) is 4.02. The van der Waals surface area contributed by atoms with Crippen molar-refractivity contribution in [2.24, 2.45) is 5.84 Å². The molecule has 1 saturated heterocycles. The number of aromatic nitrogens is 3. The maximum Gasteiger partial charge on any atom is 0.323 e. The Hall–Kier alpha value is -1.68. The molecule has 1 aromatic rings. The van der Waals surface area contributed by atoms with E-state index in [1.807, 2.05) is 6.92 Å². The molecular weight excluding hydrogens is 284 g/mol. The van der Waals surface area contributed by atoms with E-state index in [1.54, 1.807) is 6.92 Å². The van der Waals surface area contributed by atoms with Crippen molar-refractivity contribution in [2.45, 2.75) is 25.8 Å². The van der Waals surface area contributed by atoms with Crippen LogP contribution in [0.15, 0.2) is 0 Å². The van der Waals surface area contributed by atoms with Crippen LogP contribution in [0.4, 0.5) is 11.9 Å². The van der Waals surface area contributed by atoms with Gasteiger partial charge in [-0.25, -0.2) is 14.3 Å². The second kappa shape index (κ2) is 5.37. The Kier molecular flexibility index (Phi) is 3.95. The molecule has 0 saturated carbocycles. The van der Waals surface area contributed by atoms with Gasteiger partial charge in [0.15, 0.2) is 9.84 Å². The summed E-state index contributed by atoms with van der Waals surface area (Å²) < 4.78 is 28.4. The van der Waals surface area contributed by atoms with E-state index in [-0.39, 0.29) is 29.4 Å². The maximum atomic E-state index is 11.6. The van der Waals surface area contributed by atoms with Gasteiger partial charge in [0.25, 0.3) is 0 Å². The summed E-state index contributed by atoms with van der Waals surface area (Å²) in [6, 6.07) is 0.127. The first-order chi connectivity index (χ1) is 9.36. The van der Waals surface area contributed by atoms with Crippen molar-refractivity contribution in [1.82, 2.24) is 15.0 Å². The minimum absolute atomic E-state index is 0.0427. The molecule has 0 amide bonds. The van der Waals surface area contributed by atoms with E-state index in [0.29, 0.717) is 13.0 Å². The van der Waals surface area contributed by atoms with Gasteiger partial charge in [-0.1, -0.05) is 0 Å². The highest BCUT2D eigenvalue weighted by Gasteiger charge is 2.39. The number of nitrogens with one attached hydrogen (secondary N) is 2. The second-order valence-electron chi connectivity index (χ2n) is 4.87. The van der Waals surface area contributed by atoms with E-state index in [4.69, 9.17) is 10.6 Å². The molecule has 0 spiro atoms. The molecule has 112 valence electrons. The van der Waals surface area contributed by atoms with Crippen LogP contribution in [-0.2, 0) is 9.84 Å². The topological polar surface area (TPSA) is 132 Å². The Morgan fingerprint density at radius 1 is 1.35 bits per heavy atom. The van der Waals surface area contributed by atoms with Gasteiger partial charge in [-0.05, 0) is 20.3 Å². The number of nitrogens with zero attached hydrogens (tertiary/aromatic N) is 3. The van der Waals surface area contributed by atoms with Crippen LogP contribution in [0.5, 0.6) is 6.01 Å². The van der Waals surface area contributed by atoms with Crippen molar-refractivity contribution in [2.75, 3.05) is 28.9 Å². The van der Waals surface area contributed by atoms with Crippen molar-refractivity contribution < 1.29 is 13.2 Å². The number of sulfone groups is 1. The molecule has 0 aromatic carbocycles. The third-order valence-electron chi connectivity index (χ3n) is 2.93. The van der Waals surface area contributed by atoms with E-state index in [1.165, 1.54) is 0 Å². The van der Waals surface area contributed by atoms with Gasteiger partial charge in [0, 0.05) is 0 Å². The summed E-state index contributed by atoms with van der Waals surface area (Å²) in [7, 11) is -3.02. The van der Waals surface area contributed by atoms with Crippen LogP contribution in [0.3, 0.4) is 0 Å². The van der Waals surface area contributed by atoms with Gasteiger partial charge >= 0.3 is 6.01 Å². The quantitative estimate of drug-likeness (QED) is 0.488. The van der Waals surface area contributed by atoms with E-state index in [0.717, 1.165) is 0 Å². The predicted molar refractivity (Wildman–Crippen MR) is 74.1 cm³/mol. The number of hydrazine groups is 1. The molecule has 0 radical (unpaired) electrons. The number of nitrogens with two attached hydrogens (primary N) is 1. The van der Waals surface area contributed by atoms with Crippen LogP contribution in [0, 0.1) is 0 Å². The largest absolute Gasteiger partial charge is 0.464 e. The Balaban J connectivity index is 2.22. The normalized spacial score (nSPS) is 24.4. The molecule has 4 N–H and O–H groups in total. The Morgan fingerprint density at radius 2 is 2.05 bits per heavy atom. The van der Waals surface area contributed by atoms with Gasteiger partial charge in [-0.3, -0.25) is 5.43 Å². The molecule has 0 aliphatic carbocycles. The molecule has 2 rings (SSSR count). The Morgan fingerprint density at radius 3 is 2.60 bits per heavy atom. The fourth-order valence-corrected chi connectivity index (χ4v) is 4.14. The number of hydrogen-bond acceptors (Lipinski definition) is 9. The van der Waals surface area contributed by atoms with E-state index < -0.39 is 15.4 Å². The fourth-order valence-electron chi connectivity index (χ4n) is 2.05. The summed E-state index contributed by atoms with van der Waals surface area (Å²) in [5, 5.41) is 3.03. The molecule has 1 aliphatic heterocycles. The van der Waals surface area contributed by atoms with Gasteiger partial charge in [0.2, 0.25) is 11.9 Å². The summed E-state index contributed by atoms with van der Waals surface area (Å²) in [5.74, 6) is 5.86. The molecule has 9 nitrogen and oxygen atoms in total. The highest BCUT2D eigenvalue weighted by Crippen LogP contribution is 2.26. The van der Waals surface area contributed by atoms with Crippen LogP contribution in [-0.4, -0.2) is 47.0 Å². The molecular formula is C10H18N6O3S. The number of anilines is 2. The lowest BCUT2D eigenvalue weighted by molar-refractivity contribution is 0.312. The standard InChI is InChI=1S/C10H18N6O3S/c1-3-19-9-13-7(12-8(14-9)16-11)15-10(2)4-5-20(17,18)6-10/h3-6,11H2,1-2H3,(H2,12,13,14,15,16). The number of rotatable bonds is 5. The van der Waals surface area contributed by atoms with Crippen molar-refractivity contribution in [3.63, 3.8) is 0 Å². The first-order valence-corrected chi connectivity index (χ1v) is 8.02. The molecule has 0 bridgehead atoms. The highest BCUT2D eigenvalue weighted by molar-refractivity contribution is 7.91. The fraction of sp³-hybridized carbons (Fsp3) is 0.700. The molecule has 1 aliphatic rings. The Bertz CT molecular complexity index is 593. The second-order valence-corrected chi connectivity index (χ2v) is 7.05. The van der Waals surface area contributed by atoms with Crippen molar-refractivity contribution in [1.29, 1.82) is 0 Å². The van der Waals surface area contributed by atoms with Gasteiger partial charge in [0.05, 0.1) is 23.7 Å². The first-order valence-electron chi connectivity index (χ1n) is 6.20. The smallest absolute Gasteiger partial charge is 0.323 e. The van der Waals surface area contributed by atoms with Crippen molar-refractivity contribution >= 4 is 21.7 Å². The third kappa shape index (κ3) is 3.45. The molecule has 10 heteroatoms. The number of ether oxygens (including phenoxy) is 1. The molecule has 1 aromatic heterocycles. The minimum Gasteiger partial charge on any atom is -0.464 e. The lowest BCUT2D eigenvalue weighted by Gasteiger charge is -2.23. The number of hydrogen-bond donors (Lipinski definition) is 3. The molecule has 2 heterocycles. The van der Waals surface area contributed by atoms with Gasteiger partial charge in [-0.2, -0.15) is 15.0 Å². The minimum atomic E-state index is -3.02. The third-order valence-corrected chi connectivity index (χ3v) is 4.84. The zero-order chi connectivity index (χ0) is 14.8. The molecule has 1 fully saturated rings. The average Bonchev–Trinajstić information content (AvgIpc) is 2.63. The monoisotopic (exact) mass is 302 g/mol. The van der Waals surface area contributed by atoms with Gasteiger partial charge in [0.1, 0.15) is 0 Å². The first kappa shape index (κ1) is 14.7. The predicted octanol–water partition coefficient (Wildman–Crippen LogP) is -0.455. The van der Waals surface area contributed by atoms with Crippen LogP contribution in [0.25, 0.3) is 0 Å². The van der Waals surface area contributed by atoms with Gasteiger partial charge in [-0.15, -0.1) is 0 Å². The van der Waals surface area contributed by atoms with Crippen LogP contribution >= 0.6 is 0 Å². The zero-order valence-corrected chi connectivity index (χ0v) is 12.2. The van der Waals surface area contributed by atoms with Crippen LogP contribution < -0.4 is 21.3 Å². The van der Waals surface area contributed by atoms with Crippen molar-refractivity contribution in [3.8, 4) is 6.01 Å². The van der Waals surface area contributed by atoms with Crippen molar-refractivity contribution in [3.05, 3.63) is 0 Å². The maximum absolute atomic E-state index is 11.6. The number of nitrogen functional groups attached to an aromatic ring is 1. The van der Waals surface area contributed by atoms with E-state index in [9.17, 15) is 8.42 Å². The summed E-state index contributed by atoms with van der Waals surface area (Å²) in [5.41, 5.74) is 1.72. The Labute approximate surface area is 117 Å². The molecule has 1 atom stereocenters. The summed E-state index contributed by atoms with van der Waals surface area (Å²) >= 11 is 0. The van der Waals surface area contributed by atoms with E-state index in [2.05, 4.69) is 25.7 Å². The molecule has 20 heavy (non-hydrogen) atoms. The summed E-state index contributed by atoms with van der Waals surface area (Å²) in [6.07, 6.45) is 0.496. The lowest BCUT2D eigenvalue weighted by atomic mass is 10.0. The lowest BCUT2D eigenvalue weighted by Crippen LogP contribution is -2.36. The van der Waals surface area contributed by atoms with E-state index >= 15 is 0 Å². The SMILES string of the molecule is CCOc1nc(NN)nc(NC2(C)CCS(=O)(=O)C2)n1. The van der Waals surface area contributed by atoms with Crippen LogP contribution in [0.2, 0.25) is 0 Å². The molecule has 1 unspecified atom stereocenters. The highest BCUT2D eigenvalue weighted by atomic mass is 32.2. The van der Waals surface area contributed by atoms with Crippen LogP contribution in [0.1, 0.15) is 20.3 Å². The average molecular weight is 302 g/mol. The zero-order valence-electron chi connectivity index (χ0n) is 11.4. The summed E-state index contributed by atoms with van der Waals surface area (Å²) in [4.78, 5) is 12.1.